The quantitative estimate of drug-likeness (QED) is 0.0968. The summed E-state index contributed by atoms with van der Waals surface area (Å²) in [5, 5.41) is 1.24. The van der Waals surface area contributed by atoms with Gasteiger partial charge in [-0.1, -0.05) is 171 Å². The minimum Gasteiger partial charge on any atom is -0.374 e. The summed E-state index contributed by atoms with van der Waals surface area (Å²) in [6, 6.07) is 56.8. The van der Waals surface area contributed by atoms with Crippen LogP contribution in [0.25, 0.3) is 10.1 Å². The lowest BCUT2D eigenvalue weighted by molar-refractivity contribution is -0.393. The molecule has 6 aromatic carbocycles. The SMILES string of the molecule is CCc1ccc(Cc2cccc3c4c(sc23)[C@@]2(OCC4)O[C@H](COCc3ccccc3)[C@H](OCc3ccccc3)[C@H](OCc3ccccc3)[C@H]2OCc2ccccc2)cc1. The van der Waals surface area contributed by atoms with Crippen molar-refractivity contribution in [3.05, 3.63) is 213 Å². The van der Waals surface area contributed by atoms with Crippen molar-refractivity contribution in [3.8, 4) is 0 Å². The van der Waals surface area contributed by atoms with Crippen molar-refractivity contribution in [1.82, 2.24) is 0 Å². The van der Waals surface area contributed by atoms with Gasteiger partial charge in [-0.2, -0.15) is 0 Å². The lowest BCUT2D eigenvalue weighted by Crippen LogP contribution is -2.67. The average molecular weight is 817 g/mol. The molecule has 0 aliphatic carbocycles. The van der Waals surface area contributed by atoms with Gasteiger partial charge < -0.3 is 28.4 Å². The van der Waals surface area contributed by atoms with E-state index in [0.717, 1.165) is 46.4 Å². The van der Waals surface area contributed by atoms with Crippen molar-refractivity contribution < 1.29 is 28.4 Å². The summed E-state index contributed by atoms with van der Waals surface area (Å²) in [6.07, 6.45) is 0.171. The molecule has 2 aliphatic rings. The van der Waals surface area contributed by atoms with Gasteiger partial charge in [0.25, 0.3) is 0 Å². The lowest BCUT2D eigenvalue weighted by Gasteiger charge is -2.53. The van der Waals surface area contributed by atoms with Crippen LogP contribution in [0.4, 0.5) is 0 Å². The standard InChI is InChI=1S/C53H52O6S/c1-2-38-26-28-39(29-27-38)32-44-24-15-25-45-46-30-31-58-53(52(46)60-50(44)45)51(57-36-43-22-13-6-14-23-43)49(56-35-42-20-11-5-12-21-42)48(55-34-41-18-9-4-10-19-41)47(59-53)37-54-33-40-16-7-3-8-17-40/h3-29,47-49,51H,2,30-37H2,1H3/t47-,48+,49+,51-,53+/m1/s1. The summed E-state index contributed by atoms with van der Waals surface area (Å²) in [5.74, 6) is -1.30. The predicted molar refractivity (Wildman–Crippen MR) is 238 cm³/mol. The minimum atomic E-state index is -1.30. The van der Waals surface area contributed by atoms with Crippen LogP contribution in [0.1, 0.15) is 56.3 Å². The largest absolute Gasteiger partial charge is 0.374 e. The fraction of sp³-hybridized carbons (Fsp3) is 0.283. The van der Waals surface area contributed by atoms with Crippen LogP contribution in [0.5, 0.6) is 0 Å². The van der Waals surface area contributed by atoms with Crippen molar-refractivity contribution >= 4 is 21.4 Å². The molecule has 1 aromatic heterocycles. The van der Waals surface area contributed by atoms with Crippen LogP contribution >= 0.6 is 11.3 Å². The van der Waals surface area contributed by atoms with E-state index >= 15 is 0 Å². The summed E-state index contributed by atoms with van der Waals surface area (Å²) in [7, 11) is 0. The van der Waals surface area contributed by atoms with E-state index in [9.17, 15) is 0 Å². The fourth-order valence-corrected chi connectivity index (χ4v) is 9.99. The van der Waals surface area contributed by atoms with Gasteiger partial charge in [0.05, 0.1) is 44.5 Å². The van der Waals surface area contributed by atoms with Gasteiger partial charge in [-0.3, -0.25) is 0 Å². The third-order valence-corrected chi connectivity index (χ3v) is 13.1. The first-order valence-electron chi connectivity index (χ1n) is 21.2. The molecule has 7 heteroatoms. The zero-order valence-electron chi connectivity index (χ0n) is 34.1. The molecule has 0 saturated carbocycles. The second kappa shape index (κ2) is 19.2. The van der Waals surface area contributed by atoms with Crippen LogP contribution in [-0.4, -0.2) is 37.6 Å². The smallest absolute Gasteiger partial charge is 0.235 e. The minimum absolute atomic E-state index is 0.259. The molecule has 1 spiro atoms. The number of hydrogen-bond donors (Lipinski definition) is 0. The van der Waals surface area contributed by atoms with Crippen LogP contribution in [0, 0.1) is 0 Å². The molecule has 0 amide bonds. The Bertz CT molecular complexity index is 2400. The van der Waals surface area contributed by atoms with Gasteiger partial charge in [-0.15, -0.1) is 11.3 Å². The molecular weight excluding hydrogens is 765 g/mol. The Morgan fingerprint density at radius 3 is 1.72 bits per heavy atom. The molecule has 60 heavy (non-hydrogen) atoms. The van der Waals surface area contributed by atoms with Gasteiger partial charge in [0.2, 0.25) is 5.79 Å². The third-order valence-electron chi connectivity index (χ3n) is 11.6. The van der Waals surface area contributed by atoms with Crippen LogP contribution in [0.2, 0.25) is 0 Å². The van der Waals surface area contributed by atoms with Crippen LogP contribution < -0.4 is 0 Å². The topological polar surface area (TPSA) is 55.4 Å². The lowest BCUT2D eigenvalue weighted by atomic mass is 9.87. The number of thiophene rings is 1. The van der Waals surface area contributed by atoms with Gasteiger partial charge in [0.1, 0.15) is 24.4 Å². The maximum Gasteiger partial charge on any atom is 0.235 e. The molecule has 5 atom stereocenters. The first-order valence-corrected chi connectivity index (χ1v) is 22.0. The fourth-order valence-electron chi connectivity index (χ4n) is 8.52. The maximum atomic E-state index is 7.51. The molecule has 0 unspecified atom stereocenters. The Balaban J connectivity index is 1.15. The number of fused-ring (bicyclic) bond motifs is 4. The van der Waals surface area contributed by atoms with Crippen molar-refractivity contribution in [2.45, 2.75) is 82.8 Å². The number of benzene rings is 6. The molecule has 0 N–H and O–H groups in total. The van der Waals surface area contributed by atoms with E-state index in [4.69, 9.17) is 28.4 Å². The van der Waals surface area contributed by atoms with Gasteiger partial charge in [-0.25, -0.2) is 0 Å². The summed E-state index contributed by atoms with van der Waals surface area (Å²) in [5.41, 5.74) is 9.41. The van der Waals surface area contributed by atoms with E-state index in [1.807, 2.05) is 72.8 Å². The predicted octanol–water partition coefficient (Wildman–Crippen LogP) is 11.2. The monoisotopic (exact) mass is 816 g/mol. The molecule has 3 heterocycles. The zero-order valence-corrected chi connectivity index (χ0v) is 34.9. The highest BCUT2D eigenvalue weighted by Crippen LogP contribution is 2.52. The molecule has 306 valence electrons. The number of ether oxygens (including phenoxy) is 6. The highest BCUT2D eigenvalue weighted by Gasteiger charge is 2.61. The van der Waals surface area contributed by atoms with Crippen LogP contribution in [0.3, 0.4) is 0 Å². The summed E-state index contributed by atoms with van der Waals surface area (Å²) < 4.78 is 43.7. The first kappa shape index (κ1) is 40.4. The van der Waals surface area contributed by atoms with Crippen LogP contribution in [0.15, 0.2) is 164 Å². The maximum absolute atomic E-state index is 7.51. The van der Waals surface area contributed by atoms with Crippen molar-refractivity contribution in [2.75, 3.05) is 13.2 Å². The Hall–Kier alpha value is -4.96. The number of hydrogen-bond acceptors (Lipinski definition) is 7. The molecule has 1 saturated heterocycles. The number of aryl methyl sites for hydroxylation is 1. The van der Waals surface area contributed by atoms with E-state index in [-0.39, 0.29) is 6.61 Å². The van der Waals surface area contributed by atoms with E-state index in [1.165, 1.54) is 32.3 Å². The van der Waals surface area contributed by atoms with E-state index in [1.54, 1.807) is 11.3 Å². The second-order valence-electron chi connectivity index (χ2n) is 15.7. The average Bonchev–Trinajstić information content (AvgIpc) is 3.70. The van der Waals surface area contributed by atoms with Crippen LogP contribution in [-0.2, 0) is 79.9 Å². The Kier molecular flexibility index (Phi) is 12.9. The molecule has 1 fully saturated rings. The molecule has 0 bridgehead atoms. The molecule has 7 aromatic rings. The van der Waals surface area contributed by atoms with Gasteiger partial charge in [-0.05, 0) is 69.2 Å². The molecule has 6 nitrogen and oxygen atoms in total. The summed E-state index contributed by atoms with van der Waals surface area (Å²) in [4.78, 5) is 1.03. The molecule has 0 radical (unpaired) electrons. The normalized spacial score (nSPS) is 21.3. The Labute approximate surface area is 357 Å². The third kappa shape index (κ3) is 9.04. The van der Waals surface area contributed by atoms with Gasteiger partial charge in [0, 0.05) is 4.70 Å². The molecule has 2 aliphatic heterocycles. The highest BCUT2D eigenvalue weighted by atomic mass is 32.1. The van der Waals surface area contributed by atoms with Crippen molar-refractivity contribution in [2.24, 2.45) is 0 Å². The molecular formula is C53H52O6S. The Morgan fingerprint density at radius 1 is 0.567 bits per heavy atom. The number of rotatable bonds is 16. The van der Waals surface area contributed by atoms with E-state index in [2.05, 4.69) is 97.9 Å². The molecule has 9 rings (SSSR count). The zero-order chi connectivity index (χ0) is 40.6. The van der Waals surface area contributed by atoms with E-state index in [0.29, 0.717) is 33.0 Å². The highest BCUT2D eigenvalue weighted by molar-refractivity contribution is 7.19. The van der Waals surface area contributed by atoms with Crippen molar-refractivity contribution in [1.29, 1.82) is 0 Å². The van der Waals surface area contributed by atoms with Gasteiger partial charge in [0.15, 0.2) is 0 Å². The summed E-state index contributed by atoms with van der Waals surface area (Å²) >= 11 is 1.77. The Morgan fingerprint density at radius 2 is 1.12 bits per heavy atom. The van der Waals surface area contributed by atoms with E-state index < -0.39 is 30.2 Å². The second-order valence-corrected chi connectivity index (χ2v) is 16.7. The van der Waals surface area contributed by atoms with Crippen molar-refractivity contribution in [3.63, 3.8) is 0 Å². The first-order chi connectivity index (χ1) is 29.7. The van der Waals surface area contributed by atoms with Gasteiger partial charge >= 0.3 is 0 Å². The summed E-state index contributed by atoms with van der Waals surface area (Å²) in [6.45, 7) is 4.41.